The highest BCUT2D eigenvalue weighted by Crippen LogP contribution is 2.46. The van der Waals surface area contributed by atoms with Crippen molar-refractivity contribution in [3.63, 3.8) is 0 Å². The minimum Gasteiger partial charge on any atom is -0.471 e. The monoisotopic (exact) mass is 806 g/mol. The predicted octanol–water partition coefficient (Wildman–Crippen LogP) is 4.09. The Bertz CT molecular complexity index is 1920. The molecule has 17 heteroatoms. The first-order valence-electron chi connectivity index (χ1n) is 17.6. The lowest BCUT2D eigenvalue weighted by atomic mass is 10.0. The van der Waals surface area contributed by atoms with Crippen LogP contribution in [-0.2, 0) is 29.1 Å². The number of alkyl carbamates (subject to hydrolysis) is 1. The molecule has 3 N–H and O–H groups in total. The van der Waals surface area contributed by atoms with E-state index in [0.29, 0.717) is 41.4 Å². The number of allylic oxidation sites excluding steroid dienone is 1. The molecule has 4 amide bonds. The number of fused-ring (bicyclic) bond motifs is 3. The molecule has 52 heavy (non-hydrogen) atoms. The van der Waals surface area contributed by atoms with E-state index >= 15 is 0 Å². The molecule has 4 aliphatic rings. The number of sulfonamides is 1. The molecule has 2 aliphatic carbocycles. The Morgan fingerprint density at radius 1 is 1.12 bits per heavy atom. The van der Waals surface area contributed by atoms with Gasteiger partial charge in [0, 0.05) is 22.9 Å². The van der Waals surface area contributed by atoms with E-state index in [9.17, 15) is 32.0 Å². The molecular weight excluding hydrogens is 763 g/mol. The number of amides is 4. The first kappa shape index (κ1) is 37.9. The Labute approximate surface area is 310 Å². The van der Waals surface area contributed by atoms with Crippen LogP contribution in [0.4, 0.5) is 9.18 Å². The number of ether oxygens (including phenoxy) is 2. The summed E-state index contributed by atoms with van der Waals surface area (Å²) in [5.41, 5.74) is -1.30. The topological polar surface area (TPSA) is 186 Å². The van der Waals surface area contributed by atoms with E-state index in [2.05, 4.69) is 41.3 Å². The lowest BCUT2D eigenvalue weighted by Gasteiger charge is -2.30. The Hall–Kier alpha value is -3.86. The first-order chi connectivity index (χ1) is 24.5. The van der Waals surface area contributed by atoms with Gasteiger partial charge in [-0.05, 0) is 88.2 Å². The highest BCUT2D eigenvalue weighted by atomic mass is 79.9. The normalized spacial score (nSPS) is 27.7. The van der Waals surface area contributed by atoms with Gasteiger partial charge in [0.05, 0.1) is 17.3 Å². The third-order valence-corrected chi connectivity index (χ3v) is 12.1. The van der Waals surface area contributed by atoms with Gasteiger partial charge >= 0.3 is 6.09 Å². The van der Waals surface area contributed by atoms with Gasteiger partial charge in [0.15, 0.2) is 0 Å². The van der Waals surface area contributed by atoms with Crippen molar-refractivity contribution in [2.75, 3.05) is 6.54 Å². The van der Waals surface area contributed by atoms with Gasteiger partial charge in [0.1, 0.15) is 46.4 Å². The maximum Gasteiger partial charge on any atom is 0.408 e. The Morgan fingerprint density at radius 2 is 1.87 bits per heavy atom. The van der Waals surface area contributed by atoms with E-state index in [0.717, 1.165) is 12.8 Å². The van der Waals surface area contributed by atoms with E-state index in [1.807, 2.05) is 12.2 Å². The number of nitrogens with zero attached hydrogens (tertiary/aromatic N) is 3. The van der Waals surface area contributed by atoms with Crippen LogP contribution in [0.15, 0.2) is 28.8 Å². The zero-order valence-electron chi connectivity index (χ0n) is 29.5. The van der Waals surface area contributed by atoms with Crippen LogP contribution in [0.3, 0.4) is 0 Å². The van der Waals surface area contributed by atoms with Crippen LogP contribution in [0, 0.1) is 18.7 Å². The number of aromatic nitrogens is 2. The number of halogens is 2. The number of rotatable bonds is 6. The van der Waals surface area contributed by atoms with Crippen molar-refractivity contribution >= 4 is 60.8 Å². The Balaban J connectivity index is 1.31. The number of hydrogen-bond donors (Lipinski definition) is 3. The molecule has 2 aromatic rings. The lowest BCUT2D eigenvalue weighted by molar-refractivity contribution is -0.141. The lowest BCUT2D eigenvalue weighted by Crippen LogP contribution is -2.58. The highest BCUT2D eigenvalue weighted by Gasteiger charge is 2.62. The second-order valence-electron chi connectivity index (χ2n) is 15.1. The van der Waals surface area contributed by atoms with Crippen LogP contribution in [0.5, 0.6) is 5.88 Å². The molecule has 3 fully saturated rings. The number of hydrogen-bond acceptors (Lipinski definition) is 10. The predicted molar refractivity (Wildman–Crippen MR) is 191 cm³/mol. The summed E-state index contributed by atoms with van der Waals surface area (Å²) >= 11 is 3.31. The van der Waals surface area contributed by atoms with E-state index in [1.54, 1.807) is 27.7 Å². The second-order valence-corrected chi connectivity index (χ2v) is 17.9. The molecule has 1 saturated heterocycles. The quantitative estimate of drug-likeness (QED) is 0.360. The van der Waals surface area contributed by atoms with Gasteiger partial charge in [-0.2, -0.15) is 0 Å². The van der Waals surface area contributed by atoms with Crippen LogP contribution in [0.25, 0.3) is 11.0 Å². The molecule has 0 bridgehead atoms. The van der Waals surface area contributed by atoms with Gasteiger partial charge in [-0.25, -0.2) is 27.6 Å². The summed E-state index contributed by atoms with van der Waals surface area (Å²) in [4.78, 5) is 65.5. The fourth-order valence-electron chi connectivity index (χ4n) is 6.72. The summed E-state index contributed by atoms with van der Waals surface area (Å²) < 4.78 is 54.1. The average Bonchev–Trinajstić information content (AvgIpc) is 3.96. The molecule has 14 nitrogen and oxygen atoms in total. The summed E-state index contributed by atoms with van der Waals surface area (Å²) in [5, 5.41) is 4.88. The van der Waals surface area contributed by atoms with Crippen molar-refractivity contribution in [2.45, 2.75) is 120 Å². The van der Waals surface area contributed by atoms with Crippen molar-refractivity contribution in [1.82, 2.24) is 30.2 Å². The maximum atomic E-state index is 14.4. The van der Waals surface area contributed by atoms with Crippen molar-refractivity contribution in [3.05, 3.63) is 40.3 Å². The Morgan fingerprint density at radius 3 is 2.58 bits per heavy atom. The van der Waals surface area contributed by atoms with E-state index in [1.165, 1.54) is 17.0 Å². The SMILES string of the molecule is Cc1nc2c(Br)cc(F)cc2nc1O[C@@H]1C[C@H]2C(=O)N[C@]3(C(=O)NS(=O)(=O)C4CC4)CC3/C=C\CCCCC[C@H](NC(=O)OC(C)(C)C)C(=O)N2C1. The fourth-order valence-corrected chi connectivity index (χ4v) is 8.60. The number of carbonyl (C=O) groups is 4. The zero-order chi connectivity index (χ0) is 37.6. The molecule has 6 rings (SSSR count). The molecule has 282 valence electrons. The first-order valence-corrected chi connectivity index (χ1v) is 19.9. The Kier molecular flexibility index (Phi) is 10.6. The van der Waals surface area contributed by atoms with E-state index in [4.69, 9.17) is 9.47 Å². The van der Waals surface area contributed by atoms with Crippen LogP contribution in [0.1, 0.15) is 84.3 Å². The minimum absolute atomic E-state index is 0.0265. The molecule has 0 radical (unpaired) electrons. The van der Waals surface area contributed by atoms with Crippen molar-refractivity contribution < 1.29 is 41.5 Å². The molecule has 2 aliphatic heterocycles. The fraction of sp³-hybridized carbons (Fsp3) is 0.600. The zero-order valence-corrected chi connectivity index (χ0v) is 31.9. The van der Waals surface area contributed by atoms with Gasteiger partial charge in [0.25, 0.3) is 5.91 Å². The summed E-state index contributed by atoms with van der Waals surface area (Å²) in [6.07, 6.45) is 6.31. The van der Waals surface area contributed by atoms with Crippen LogP contribution >= 0.6 is 15.9 Å². The van der Waals surface area contributed by atoms with Crippen LogP contribution in [0.2, 0.25) is 0 Å². The molecule has 3 heterocycles. The summed E-state index contributed by atoms with van der Waals surface area (Å²) in [6.45, 7) is 6.70. The highest BCUT2D eigenvalue weighted by molar-refractivity contribution is 9.10. The van der Waals surface area contributed by atoms with Crippen molar-refractivity contribution in [2.24, 2.45) is 5.92 Å². The van der Waals surface area contributed by atoms with Crippen LogP contribution < -0.4 is 20.1 Å². The number of carbonyl (C=O) groups excluding carboxylic acids is 4. The van der Waals surface area contributed by atoms with Crippen molar-refractivity contribution in [3.8, 4) is 5.88 Å². The molecule has 0 spiro atoms. The van der Waals surface area contributed by atoms with Gasteiger partial charge in [0.2, 0.25) is 27.7 Å². The average molecular weight is 808 g/mol. The number of nitrogens with one attached hydrogen (secondary N) is 3. The molecule has 1 unspecified atom stereocenters. The van der Waals surface area contributed by atoms with Gasteiger partial charge < -0.3 is 25.0 Å². The smallest absolute Gasteiger partial charge is 0.408 e. The second kappa shape index (κ2) is 14.5. The standard InChI is InChI=1S/C35H44BrFN6O8S/c1-19-30(39-26-15-21(37)14-24(36)28(26)38-19)50-22-16-27-29(44)41-35(32(46)42-52(48,49)23-12-13-23)17-20(35)10-8-6-5-7-9-11-25(31(45)43(27)18-22)40-33(47)51-34(2,3)4/h8,10,14-15,20,22-23,25,27H,5-7,9,11-13,16-18H2,1-4H3,(H,40,47)(H,41,44)(H,42,46)/b10-8-/t20?,22-,25+,27+,35-/m1/s1. The van der Waals surface area contributed by atoms with Gasteiger partial charge in [-0.1, -0.05) is 25.0 Å². The molecule has 1 aromatic heterocycles. The minimum atomic E-state index is -3.91. The largest absolute Gasteiger partial charge is 0.471 e. The van der Waals surface area contributed by atoms with E-state index < -0.39 is 80.2 Å². The number of benzene rings is 1. The maximum absolute atomic E-state index is 14.4. The molecule has 5 atom stereocenters. The van der Waals surface area contributed by atoms with Gasteiger partial charge in [-0.15, -0.1) is 0 Å². The summed E-state index contributed by atoms with van der Waals surface area (Å²) in [6, 6.07) is 0.290. The summed E-state index contributed by atoms with van der Waals surface area (Å²) in [5.74, 6) is -2.93. The molecule has 1 aromatic carbocycles. The molecule has 2 saturated carbocycles. The van der Waals surface area contributed by atoms with E-state index in [-0.39, 0.29) is 37.2 Å². The molecular formula is C35H44BrFN6O8S. The number of aryl methyl sites for hydroxylation is 1. The van der Waals surface area contributed by atoms with Crippen LogP contribution in [-0.4, -0.2) is 88.2 Å². The third-order valence-electron chi connectivity index (χ3n) is 9.63. The summed E-state index contributed by atoms with van der Waals surface area (Å²) in [7, 11) is -3.91. The third kappa shape index (κ3) is 8.50. The van der Waals surface area contributed by atoms with Crippen molar-refractivity contribution in [1.29, 1.82) is 0 Å². The van der Waals surface area contributed by atoms with Gasteiger partial charge in [-0.3, -0.25) is 19.1 Å².